The van der Waals surface area contributed by atoms with Gasteiger partial charge in [-0.15, -0.1) is 0 Å². The van der Waals surface area contributed by atoms with Crippen LogP contribution in [0.25, 0.3) is 6.08 Å². The number of fused-ring (bicyclic) bond motifs is 1. The number of rotatable bonds is 9. The van der Waals surface area contributed by atoms with Gasteiger partial charge < -0.3 is 19.1 Å². The van der Waals surface area contributed by atoms with E-state index < -0.39 is 16.9 Å². The summed E-state index contributed by atoms with van der Waals surface area (Å²) in [5, 5.41) is 11.6. The Morgan fingerprint density at radius 2 is 1.90 bits per heavy atom. The summed E-state index contributed by atoms with van der Waals surface area (Å²) in [6, 6.07) is 9.17. The average molecular weight is 593 g/mol. The highest BCUT2D eigenvalue weighted by atomic mass is 32.1. The van der Waals surface area contributed by atoms with Crippen LogP contribution in [0.15, 0.2) is 57.5 Å². The van der Waals surface area contributed by atoms with E-state index in [4.69, 9.17) is 14.2 Å². The molecular weight excluding hydrogens is 560 g/mol. The molecule has 2 aliphatic heterocycles. The summed E-state index contributed by atoms with van der Waals surface area (Å²) in [5.41, 5.74) is 2.29. The first-order valence-electron chi connectivity index (χ1n) is 13.8. The van der Waals surface area contributed by atoms with Crippen LogP contribution in [0.2, 0.25) is 0 Å². The van der Waals surface area contributed by atoms with Crippen molar-refractivity contribution in [2.24, 2.45) is 4.99 Å². The van der Waals surface area contributed by atoms with Crippen molar-refractivity contribution in [3.8, 4) is 11.5 Å². The van der Waals surface area contributed by atoms with E-state index in [9.17, 15) is 19.7 Å². The zero-order valence-electron chi connectivity index (χ0n) is 23.9. The van der Waals surface area contributed by atoms with Gasteiger partial charge in [-0.05, 0) is 63.5 Å². The van der Waals surface area contributed by atoms with Gasteiger partial charge >= 0.3 is 5.97 Å². The maximum atomic E-state index is 14.1. The molecule has 2 aliphatic rings. The summed E-state index contributed by atoms with van der Waals surface area (Å²) in [5.74, 6) is 0.428. The monoisotopic (exact) mass is 592 g/mol. The fourth-order valence-electron chi connectivity index (χ4n) is 5.40. The summed E-state index contributed by atoms with van der Waals surface area (Å²) in [4.78, 5) is 45.7. The first kappa shape index (κ1) is 29.1. The molecule has 0 saturated carbocycles. The molecule has 1 saturated heterocycles. The van der Waals surface area contributed by atoms with Crippen LogP contribution in [0.1, 0.15) is 50.8 Å². The zero-order chi connectivity index (χ0) is 30.0. The smallest absolute Gasteiger partial charge is 0.338 e. The molecule has 5 rings (SSSR count). The van der Waals surface area contributed by atoms with Crippen molar-refractivity contribution < 1.29 is 23.9 Å². The second-order valence-corrected chi connectivity index (χ2v) is 10.8. The Bertz CT molecular complexity index is 1750. The van der Waals surface area contributed by atoms with Gasteiger partial charge in [-0.2, -0.15) is 0 Å². The summed E-state index contributed by atoms with van der Waals surface area (Å²) in [6.07, 6.45) is 3.74. The lowest BCUT2D eigenvalue weighted by Crippen LogP contribution is -2.40. The molecule has 0 amide bonds. The fourth-order valence-corrected chi connectivity index (χ4v) is 6.43. The van der Waals surface area contributed by atoms with Crippen LogP contribution in [0.3, 0.4) is 0 Å². The number of non-ortho nitro benzene ring substituents is 1. The molecule has 1 atom stereocenters. The Morgan fingerprint density at radius 3 is 2.57 bits per heavy atom. The van der Waals surface area contributed by atoms with Gasteiger partial charge in [0.15, 0.2) is 16.3 Å². The predicted octanol–water partition coefficient (Wildman–Crippen LogP) is 3.71. The first-order chi connectivity index (χ1) is 20.3. The van der Waals surface area contributed by atoms with Crippen molar-refractivity contribution in [1.29, 1.82) is 0 Å². The van der Waals surface area contributed by atoms with E-state index in [0.717, 1.165) is 31.6 Å². The van der Waals surface area contributed by atoms with Crippen LogP contribution in [-0.4, -0.2) is 48.9 Å². The SMILES string of the molecule is CCOC(=O)C1=C(C)N=c2s/c(=C/c3cc([N+](=O)[O-])ccc3N3CCCC3)c(=O)n2C1c1ccc(OC)c(OCC)c1. The largest absolute Gasteiger partial charge is 0.493 e. The Kier molecular flexibility index (Phi) is 8.44. The van der Waals surface area contributed by atoms with Crippen molar-refractivity contribution in [3.05, 3.63) is 88.6 Å². The van der Waals surface area contributed by atoms with E-state index in [1.165, 1.54) is 28.0 Å². The van der Waals surface area contributed by atoms with E-state index in [1.807, 2.05) is 6.92 Å². The van der Waals surface area contributed by atoms with Crippen molar-refractivity contribution in [1.82, 2.24) is 4.57 Å². The van der Waals surface area contributed by atoms with E-state index in [2.05, 4.69) is 9.89 Å². The maximum Gasteiger partial charge on any atom is 0.338 e. The van der Waals surface area contributed by atoms with Crippen LogP contribution < -0.4 is 29.3 Å². The number of hydrogen-bond donors (Lipinski definition) is 0. The number of thiazole rings is 1. The third-order valence-corrected chi connectivity index (χ3v) is 8.26. The molecular formula is C30H32N4O7S. The molecule has 12 heteroatoms. The molecule has 3 heterocycles. The lowest BCUT2D eigenvalue weighted by Gasteiger charge is -2.25. The highest BCUT2D eigenvalue weighted by Crippen LogP contribution is 2.36. The highest BCUT2D eigenvalue weighted by Gasteiger charge is 2.34. The summed E-state index contributed by atoms with van der Waals surface area (Å²) >= 11 is 1.17. The molecule has 0 radical (unpaired) electrons. The van der Waals surface area contributed by atoms with Crippen LogP contribution in [0.4, 0.5) is 11.4 Å². The number of aromatic nitrogens is 1. The fraction of sp³-hybridized carbons (Fsp3) is 0.367. The topological polar surface area (TPSA) is 126 Å². The summed E-state index contributed by atoms with van der Waals surface area (Å²) in [7, 11) is 1.54. The van der Waals surface area contributed by atoms with Crippen molar-refractivity contribution >= 4 is 34.8 Å². The van der Waals surface area contributed by atoms with E-state index >= 15 is 0 Å². The Hall–Kier alpha value is -4.45. The van der Waals surface area contributed by atoms with Gasteiger partial charge in [0, 0.05) is 36.5 Å². The van der Waals surface area contributed by atoms with E-state index in [0.29, 0.717) is 44.3 Å². The number of hydrogen-bond acceptors (Lipinski definition) is 10. The Labute approximate surface area is 246 Å². The normalized spacial score (nSPS) is 16.7. The van der Waals surface area contributed by atoms with Gasteiger partial charge in [-0.3, -0.25) is 19.5 Å². The molecule has 0 bridgehead atoms. The molecule has 42 heavy (non-hydrogen) atoms. The maximum absolute atomic E-state index is 14.1. The van der Waals surface area contributed by atoms with Gasteiger partial charge in [-0.25, -0.2) is 9.79 Å². The number of nitro groups is 1. The third-order valence-electron chi connectivity index (χ3n) is 7.28. The van der Waals surface area contributed by atoms with Crippen LogP contribution in [0.5, 0.6) is 11.5 Å². The van der Waals surface area contributed by atoms with Gasteiger partial charge in [0.05, 0.1) is 47.1 Å². The standard InChI is InChI=1S/C30H32N4O7S/c1-5-40-24-16-19(9-12-23(24)39-4)27-26(29(36)41-6-2)18(3)31-30-33(27)28(35)25(42-30)17-20-15-21(34(37)38)10-11-22(20)32-13-7-8-14-32/h9-12,15-17,27H,5-8,13-14H2,1-4H3/b25-17+. The molecule has 0 spiro atoms. The molecule has 1 unspecified atom stereocenters. The number of ether oxygens (including phenoxy) is 3. The zero-order valence-corrected chi connectivity index (χ0v) is 24.7. The van der Waals surface area contributed by atoms with Gasteiger partial charge in [-0.1, -0.05) is 17.4 Å². The quantitative estimate of drug-likeness (QED) is 0.209. The Balaban J connectivity index is 1.73. The highest BCUT2D eigenvalue weighted by molar-refractivity contribution is 7.07. The Morgan fingerprint density at radius 1 is 1.14 bits per heavy atom. The van der Waals surface area contributed by atoms with Crippen LogP contribution in [0, 0.1) is 10.1 Å². The molecule has 11 nitrogen and oxygen atoms in total. The van der Waals surface area contributed by atoms with Crippen LogP contribution in [-0.2, 0) is 9.53 Å². The number of esters is 1. The molecule has 3 aromatic rings. The summed E-state index contributed by atoms with van der Waals surface area (Å²) < 4.78 is 18.5. The number of benzene rings is 2. The third kappa shape index (κ3) is 5.41. The molecule has 220 valence electrons. The van der Waals surface area contributed by atoms with Crippen molar-refractivity contribution in [3.63, 3.8) is 0 Å². The predicted molar refractivity (Wildman–Crippen MR) is 159 cm³/mol. The van der Waals surface area contributed by atoms with Gasteiger partial charge in [0.1, 0.15) is 0 Å². The van der Waals surface area contributed by atoms with E-state index in [1.54, 1.807) is 51.3 Å². The molecule has 1 fully saturated rings. The first-order valence-corrected chi connectivity index (χ1v) is 14.6. The van der Waals surface area contributed by atoms with Gasteiger partial charge in [0.2, 0.25) is 0 Å². The number of carbonyl (C=O) groups excluding carboxylic acids is 1. The minimum absolute atomic E-state index is 0.0584. The van der Waals surface area contributed by atoms with E-state index in [-0.39, 0.29) is 23.4 Å². The lowest BCUT2D eigenvalue weighted by molar-refractivity contribution is -0.384. The number of nitro benzene ring substituents is 1. The lowest BCUT2D eigenvalue weighted by atomic mass is 9.95. The number of methoxy groups -OCH3 is 1. The van der Waals surface area contributed by atoms with Crippen molar-refractivity contribution in [2.75, 3.05) is 38.3 Å². The number of anilines is 1. The average Bonchev–Trinajstić information content (AvgIpc) is 3.61. The van der Waals surface area contributed by atoms with Crippen LogP contribution >= 0.6 is 11.3 Å². The minimum Gasteiger partial charge on any atom is -0.493 e. The second kappa shape index (κ2) is 12.2. The minimum atomic E-state index is -0.837. The van der Waals surface area contributed by atoms with Crippen molar-refractivity contribution in [2.45, 2.75) is 39.7 Å². The molecule has 0 N–H and O–H groups in total. The number of carbonyl (C=O) groups is 1. The number of nitrogens with zero attached hydrogens (tertiary/aromatic N) is 4. The molecule has 1 aromatic heterocycles. The molecule has 0 aliphatic carbocycles. The summed E-state index contributed by atoms with van der Waals surface area (Å²) in [6.45, 7) is 7.51. The van der Waals surface area contributed by atoms with Gasteiger partial charge in [0.25, 0.3) is 11.2 Å². The number of allylic oxidation sites excluding steroid dienone is 1. The molecule has 2 aromatic carbocycles. The second-order valence-electron chi connectivity index (χ2n) is 9.84.